The summed E-state index contributed by atoms with van der Waals surface area (Å²) in [5.74, 6) is -0.436. The van der Waals surface area contributed by atoms with Crippen LogP contribution in [0.4, 0.5) is 24.5 Å². The van der Waals surface area contributed by atoms with Gasteiger partial charge in [-0.15, -0.1) is 0 Å². The number of rotatable bonds is 3. The van der Waals surface area contributed by atoms with Gasteiger partial charge in [0.25, 0.3) is 5.91 Å². The molecule has 0 saturated carbocycles. The Kier molecular flexibility index (Phi) is 5.00. The monoisotopic (exact) mass is 414 g/mol. The van der Waals surface area contributed by atoms with Crippen LogP contribution >= 0.6 is 0 Å². The lowest BCUT2D eigenvalue weighted by Crippen LogP contribution is -2.48. The highest BCUT2D eigenvalue weighted by molar-refractivity contribution is 7.92. The minimum absolute atomic E-state index is 0.141. The van der Waals surface area contributed by atoms with Crippen LogP contribution in [0.2, 0.25) is 0 Å². The van der Waals surface area contributed by atoms with Crippen molar-refractivity contribution in [3.63, 3.8) is 0 Å². The van der Waals surface area contributed by atoms with E-state index in [-0.39, 0.29) is 18.0 Å². The number of aryl methyl sites for hydroxylation is 1. The van der Waals surface area contributed by atoms with Crippen molar-refractivity contribution in [3.05, 3.63) is 53.6 Å². The fourth-order valence-corrected chi connectivity index (χ4v) is 3.68. The summed E-state index contributed by atoms with van der Waals surface area (Å²) >= 11 is 0. The van der Waals surface area contributed by atoms with E-state index in [1.807, 2.05) is 0 Å². The number of carbonyl (C=O) groups is 1. The van der Waals surface area contributed by atoms with Gasteiger partial charge in [-0.05, 0) is 48.9 Å². The van der Waals surface area contributed by atoms with E-state index in [4.69, 9.17) is 4.74 Å². The number of hydrogen-bond acceptors (Lipinski definition) is 4. The minimum atomic E-state index is -4.48. The van der Waals surface area contributed by atoms with Crippen LogP contribution in [0.15, 0.2) is 42.5 Å². The van der Waals surface area contributed by atoms with Gasteiger partial charge in [0, 0.05) is 5.69 Å². The smallest absolute Gasteiger partial charge is 0.416 e. The summed E-state index contributed by atoms with van der Waals surface area (Å²) < 4.78 is 68.9. The number of nitrogens with zero attached hydrogens (tertiary/aromatic N) is 1. The summed E-state index contributed by atoms with van der Waals surface area (Å²) in [6.07, 6.45) is -4.62. The average molecular weight is 414 g/mol. The largest absolute Gasteiger partial charge is 0.476 e. The van der Waals surface area contributed by atoms with Crippen LogP contribution < -0.4 is 14.4 Å². The second-order valence-corrected chi connectivity index (χ2v) is 8.34. The molecule has 2 aromatic rings. The van der Waals surface area contributed by atoms with Crippen LogP contribution in [0.1, 0.15) is 11.1 Å². The van der Waals surface area contributed by atoms with Crippen molar-refractivity contribution >= 4 is 27.3 Å². The molecule has 28 heavy (non-hydrogen) atoms. The van der Waals surface area contributed by atoms with E-state index in [0.717, 1.165) is 40.4 Å². The van der Waals surface area contributed by atoms with Crippen LogP contribution in [0, 0.1) is 6.92 Å². The summed E-state index contributed by atoms with van der Waals surface area (Å²) in [6, 6.07) is 8.86. The molecule has 0 fully saturated rings. The SMILES string of the molecule is Cc1ccc2c(c1)N(S(C)(=O)=O)C[C@@H](C(=O)Nc1ccc(C(F)(F)F)cc1)O2. The first-order chi connectivity index (χ1) is 12.9. The Balaban J connectivity index is 1.82. The maximum absolute atomic E-state index is 12.6. The number of fused-ring (bicyclic) bond motifs is 1. The lowest BCUT2D eigenvalue weighted by atomic mass is 10.1. The van der Waals surface area contributed by atoms with Gasteiger partial charge in [-0.3, -0.25) is 9.10 Å². The number of nitrogens with one attached hydrogen (secondary N) is 1. The Morgan fingerprint density at radius 3 is 2.39 bits per heavy atom. The predicted octanol–water partition coefficient (Wildman–Crippen LogP) is 3.18. The standard InChI is InChI=1S/C18H17F3N2O4S/c1-11-3-8-15-14(9-11)23(28(2,25)26)10-16(27-15)17(24)22-13-6-4-12(5-7-13)18(19,20)21/h3-9,16H,10H2,1-2H3,(H,22,24)/t16-/m0/s1. The fraction of sp³-hybridized carbons (Fsp3) is 0.278. The second kappa shape index (κ2) is 7.01. The van der Waals surface area contributed by atoms with E-state index in [2.05, 4.69) is 5.32 Å². The van der Waals surface area contributed by atoms with Gasteiger partial charge in [0.1, 0.15) is 5.75 Å². The highest BCUT2D eigenvalue weighted by atomic mass is 32.2. The Labute approximate surface area is 160 Å². The molecular weight excluding hydrogens is 397 g/mol. The zero-order valence-electron chi connectivity index (χ0n) is 14.9. The van der Waals surface area contributed by atoms with E-state index in [9.17, 15) is 26.4 Å². The number of alkyl halides is 3. The van der Waals surface area contributed by atoms with Crippen molar-refractivity contribution in [2.45, 2.75) is 19.2 Å². The highest BCUT2D eigenvalue weighted by Crippen LogP contribution is 2.36. The first-order valence-electron chi connectivity index (χ1n) is 8.18. The van der Waals surface area contributed by atoms with Gasteiger partial charge in [-0.1, -0.05) is 6.07 Å². The van der Waals surface area contributed by atoms with Gasteiger partial charge in [-0.2, -0.15) is 13.2 Å². The molecule has 0 aromatic heterocycles. The van der Waals surface area contributed by atoms with Crippen molar-refractivity contribution in [2.75, 3.05) is 22.4 Å². The van der Waals surface area contributed by atoms with E-state index in [1.165, 1.54) is 0 Å². The molecule has 1 amide bonds. The molecule has 3 rings (SSSR count). The Hall–Kier alpha value is -2.75. The number of halogens is 3. The van der Waals surface area contributed by atoms with Gasteiger partial charge in [0.2, 0.25) is 10.0 Å². The number of anilines is 2. The molecule has 0 saturated heterocycles. The molecule has 6 nitrogen and oxygen atoms in total. The number of amides is 1. The molecular formula is C18H17F3N2O4S. The van der Waals surface area contributed by atoms with E-state index in [0.29, 0.717) is 5.69 Å². The molecule has 1 atom stereocenters. The molecule has 0 aliphatic carbocycles. The first kappa shape index (κ1) is 20.0. The molecule has 1 aliphatic rings. The van der Waals surface area contributed by atoms with Crippen LogP contribution in [-0.2, 0) is 21.0 Å². The zero-order valence-corrected chi connectivity index (χ0v) is 15.8. The number of benzene rings is 2. The van der Waals surface area contributed by atoms with E-state index < -0.39 is 33.8 Å². The van der Waals surface area contributed by atoms with Gasteiger partial charge >= 0.3 is 6.18 Å². The van der Waals surface area contributed by atoms with Gasteiger partial charge in [0.15, 0.2) is 6.10 Å². The average Bonchev–Trinajstić information content (AvgIpc) is 2.59. The van der Waals surface area contributed by atoms with Crippen molar-refractivity contribution in [2.24, 2.45) is 0 Å². The predicted molar refractivity (Wildman–Crippen MR) is 97.9 cm³/mol. The lowest BCUT2D eigenvalue weighted by molar-refractivity contribution is -0.137. The van der Waals surface area contributed by atoms with Crippen molar-refractivity contribution in [3.8, 4) is 5.75 Å². The van der Waals surface area contributed by atoms with Crippen LogP contribution in [0.25, 0.3) is 0 Å². The van der Waals surface area contributed by atoms with Crippen molar-refractivity contribution in [1.82, 2.24) is 0 Å². The summed E-state index contributed by atoms with van der Waals surface area (Å²) in [6.45, 7) is 1.55. The highest BCUT2D eigenvalue weighted by Gasteiger charge is 2.35. The fourth-order valence-electron chi connectivity index (χ4n) is 2.78. The number of ether oxygens (including phenoxy) is 1. The molecule has 10 heteroatoms. The summed E-state index contributed by atoms with van der Waals surface area (Å²) in [4.78, 5) is 12.5. The van der Waals surface area contributed by atoms with Crippen LogP contribution in [-0.4, -0.2) is 33.2 Å². The topological polar surface area (TPSA) is 75.7 Å². The van der Waals surface area contributed by atoms with Crippen molar-refractivity contribution < 1.29 is 31.1 Å². The van der Waals surface area contributed by atoms with Crippen LogP contribution in [0.3, 0.4) is 0 Å². The van der Waals surface area contributed by atoms with E-state index in [1.54, 1.807) is 25.1 Å². The summed E-state index contributed by atoms with van der Waals surface area (Å²) in [5, 5.41) is 2.45. The first-order valence-corrected chi connectivity index (χ1v) is 10.0. The molecule has 1 heterocycles. The molecule has 0 bridgehead atoms. The number of hydrogen-bond donors (Lipinski definition) is 1. The van der Waals surface area contributed by atoms with Gasteiger partial charge in [-0.25, -0.2) is 8.42 Å². The van der Waals surface area contributed by atoms with Gasteiger partial charge < -0.3 is 10.1 Å². The van der Waals surface area contributed by atoms with E-state index >= 15 is 0 Å². The molecule has 2 aromatic carbocycles. The summed E-state index contributed by atoms with van der Waals surface area (Å²) in [7, 11) is -3.67. The molecule has 150 valence electrons. The molecule has 0 unspecified atom stereocenters. The normalized spacial score (nSPS) is 16.9. The lowest BCUT2D eigenvalue weighted by Gasteiger charge is -2.34. The Morgan fingerprint density at radius 2 is 1.82 bits per heavy atom. The third kappa shape index (κ3) is 4.22. The zero-order chi connectivity index (χ0) is 20.7. The Bertz CT molecular complexity index is 1000. The molecule has 0 spiro atoms. The molecule has 1 aliphatic heterocycles. The quantitative estimate of drug-likeness (QED) is 0.837. The third-order valence-electron chi connectivity index (χ3n) is 4.16. The number of sulfonamides is 1. The molecule has 1 N–H and O–H groups in total. The third-order valence-corrected chi connectivity index (χ3v) is 5.30. The maximum Gasteiger partial charge on any atom is 0.416 e. The second-order valence-electron chi connectivity index (χ2n) is 6.44. The van der Waals surface area contributed by atoms with Crippen molar-refractivity contribution in [1.29, 1.82) is 0 Å². The molecule has 0 radical (unpaired) electrons. The maximum atomic E-state index is 12.6. The van der Waals surface area contributed by atoms with Crippen LogP contribution in [0.5, 0.6) is 5.75 Å². The summed E-state index contributed by atoms with van der Waals surface area (Å²) in [5.41, 5.74) is 0.457. The minimum Gasteiger partial charge on any atom is -0.476 e. The Morgan fingerprint density at radius 1 is 1.18 bits per heavy atom. The number of carbonyl (C=O) groups excluding carboxylic acids is 1. The van der Waals surface area contributed by atoms with Gasteiger partial charge in [0.05, 0.1) is 24.1 Å².